The van der Waals surface area contributed by atoms with Gasteiger partial charge in [0.2, 0.25) is 15.9 Å². The highest BCUT2D eigenvalue weighted by molar-refractivity contribution is 9.10. The van der Waals surface area contributed by atoms with Crippen molar-refractivity contribution in [3.05, 3.63) is 53.0 Å². The van der Waals surface area contributed by atoms with Crippen molar-refractivity contribution in [2.75, 3.05) is 31.6 Å². The van der Waals surface area contributed by atoms with Gasteiger partial charge in [0.15, 0.2) is 0 Å². The number of nitrogens with zero attached hydrogens (tertiary/aromatic N) is 1. The second-order valence-electron chi connectivity index (χ2n) is 6.22. The van der Waals surface area contributed by atoms with Gasteiger partial charge in [0.25, 0.3) is 0 Å². The van der Waals surface area contributed by atoms with Gasteiger partial charge in [-0.05, 0) is 59.3 Å². The summed E-state index contributed by atoms with van der Waals surface area (Å²) in [6.45, 7) is 3.34. The Bertz CT molecular complexity index is 929. The van der Waals surface area contributed by atoms with Crippen LogP contribution in [0.1, 0.15) is 6.92 Å². The van der Waals surface area contributed by atoms with Crippen LogP contribution in [-0.4, -0.2) is 50.2 Å². The summed E-state index contributed by atoms with van der Waals surface area (Å²) in [6.07, 6.45) is 0. The van der Waals surface area contributed by atoms with Crippen LogP contribution in [0.5, 0.6) is 0 Å². The van der Waals surface area contributed by atoms with Crippen LogP contribution in [0.3, 0.4) is 0 Å². The molecule has 1 heterocycles. The third-order valence-corrected chi connectivity index (χ3v) is 8.28. The van der Waals surface area contributed by atoms with Crippen molar-refractivity contribution in [1.29, 1.82) is 0 Å². The number of morpholine rings is 1. The summed E-state index contributed by atoms with van der Waals surface area (Å²) in [5, 5.41) is 2.53. The van der Waals surface area contributed by atoms with Crippen LogP contribution in [0.2, 0.25) is 0 Å². The quantitative estimate of drug-likeness (QED) is 0.633. The van der Waals surface area contributed by atoms with Crippen molar-refractivity contribution in [3.8, 4) is 0 Å². The molecule has 2 aromatic carbocycles. The fourth-order valence-electron chi connectivity index (χ4n) is 2.67. The van der Waals surface area contributed by atoms with E-state index in [2.05, 4.69) is 21.2 Å². The van der Waals surface area contributed by atoms with Crippen molar-refractivity contribution >= 4 is 49.3 Å². The lowest BCUT2D eigenvalue weighted by Crippen LogP contribution is -2.40. The van der Waals surface area contributed by atoms with Crippen LogP contribution in [0.25, 0.3) is 0 Å². The van der Waals surface area contributed by atoms with Crippen molar-refractivity contribution in [2.45, 2.75) is 22.0 Å². The fraction of sp³-hybridized carbons (Fsp3) is 0.316. The van der Waals surface area contributed by atoms with E-state index in [1.54, 1.807) is 12.1 Å². The van der Waals surface area contributed by atoms with E-state index in [0.29, 0.717) is 32.0 Å². The summed E-state index contributed by atoms with van der Waals surface area (Å²) in [5.41, 5.74) is 0.561. The number of anilines is 1. The largest absolute Gasteiger partial charge is 0.379 e. The molecule has 28 heavy (non-hydrogen) atoms. The van der Waals surface area contributed by atoms with Crippen molar-refractivity contribution in [1.82, 2.24) is 4.31 Å². The molecule has 6 nitrogen and oxygen atoms in total. The molecule has 1 aliphatic rings. The minimum Gasteiger partial charge on any atom is -0.379 e. The molecular formula is C19H21BrN2O4S2. The molecule has 3 rings (SSSR count). The number of hydrogen-bond donors (Lipinski definition) is 1. The number of benzene rings is 2. The van der Waals surface area contributed by atoms with Gasteiger partial charge in [-0.2, -0.15) is 4.31 Å². The Morgan fingerprint density at radius 2 is 1.79 bits per heavy atom. The topological polar surface area (TPSA) is 75.7 Å². The lowest BCUT2D eigenvalue weighted by Gasteiger charge is -2.26. The Balaban J connectivity index is 1.63. The first kappa shape index (κ1) is 21.3. The molecule has 0 aromatic heterocycles. The van der Waals surface area contributed by atoms with Crippen LogP contribution in [0.15, 0.2) is 62.8 Å². The number of ether oxygens (including phenoxy) is 1. The summed E-state index contributed by atoms with van der Waals surface area (Å²) in [4.78, 5) is 13.7. The summed E-state index contributed by atoms with van der Waals surface area (Å²) >= 11 is 4.93. The molecule has 1 N–H and O–H groups in total. The summed E-state index contributed by atoms with van der Waals surface area (Å²) in [7, 11) is -3.54. The average Bonchev–Trinajstić information content (AvgIpc) is 2.70. The van der Waals surface area contributed by atoms with Gasteiger partial charge in [-0.15, -0.1) is 11.8 Å². The molecular weight excluding hydrogens is 464 g/mol. The van der Waals surface area contributed by atoms with Crippen molar-refractivity contribution < 1.29 is 17.9 Å². The molecule has 9 heteroatoms. The van der Waals surface area contributed by atoms with E-state index in [9.17, 15) is 13.2 Å². The Morgan fingerprint density at radius 1 is 1.14 bits per heavy atom. The first-order chi connectivity index (χ1) is 13.4. The molecule has 1 atom stereocenters. The third kappa shape index (κ3) is 5.15. The van der Waals surface area contributed by atoms with E-state index in [4.69, 9.17) is 4.74 Å². The van der Waals surface area contributed by atoms with Gasteiger partial charge < -0.3 is 10.1 Å². The number of sulfonamides is 1. The lowest BCUT2D eigenvalue weighted by molar-refractivity contribution is -0.115. The van der Waals surface area contributed by atoms with Crippen LogP contribution in [-0.2, 0) is 19.6 Å². The van der Waals surface area contributed by atoms with Crippen LogP contribution in [0.4, 0.5) is 5.69 Å². The zero-order valence-corrected chi connectivity index (χ0v) is 18.5. The maximum absolute atomic E-state index is 12.6. The minimum atomic E-state index is -3.54. The predicted molar refractivity (Wildman–Crippen MR) is 114 cm³/mol. The Labute approximate surface area is 177 Å². The molecule has 0 radical (unpaired) electrons. The molecule has 1 amide bonds. The highest BCUT2D eigenvalue weighted by atomic mass is 79.9. The number of nitrogens with one attached hydrogen (secondary N) is 1. The molecule has 0 spiro atoms. The fourth-order valence-corrected chi connectivity index (χ4v) is 5.53. The van der Waals surface area contributed by atoms with Gasteiger partial charge in [-0.3, -0.25) is 4.79 Å². The summed E-state index contributed by atoms with van der Waals surface area (Å²) in [6, 6.07) is 14.0. The molecule has 1 fully saturated rings. The van der Waals surface area contributed by atoms with Gasteiger partial charge in [0, 0.05) is 28.1 Å². The van der Waals surface area contributed by atoms with Gasteiger partial charge in [0.1, 0.15) is 0 Å². The van der Waals surface area contributed by atoms with Gasteiger partial charge >= 0.3 is 0 Å². The number of rotatable bonds is 6. The molecule has 1 aliphatic heterocycles. The van der Waals surface area contributed by atoms with Crippen LogP contribution < -0.4 is 5.32 Å². The van der Waals surface area contributed by atoms with E-state index >= 15 is 0 Å². The van der Waals surface area contributed by atoms with Crippen LogP contribution in [0, 0.1) is 0 Å². The zero-order valence-electron chi connectivity index (χ0n) is 15.3. The molecule has 1 saturated heterocycles. The average molecular weight is 485 g/mol. The first-order valence-corrected chi connectivity index (χ1v) is 11.9. The monoisotopic (exact) mass is 484 g/mol. The number of carbonyl (C=O) groups excluding carboxylic acids is 1. The normalized spacial score (nSPS) is 16.5. The van der Waals surface area contributed by atoms with Gasteiger partial charge in [-0.1, -0.05) is 12.1 Å². The predicted octanol–water partition coefficient (Wildman–Crippen LogP) is 3.59. The number of amides is 1. The molecule has 0 saturated carbocycles. The second kappa shape index (κ2) is 9.41. The number of thioether (sulfide) groups is 1. The Kier molecular flexibility index (Phi) is 7.16. The SMILES string of the molecule is CC(Sc1ccccc1Br)C(=O)Nc1ccc(S(=O)(=O)N2CCOCC2)cc1. The maximum atomic E-state index is 12.6. The molecule has 0 bridgehead atoms. The van der Waals surface area contributed by atoms with Gasteiger partial charge in [0.05, 0.1) is 23.4 Å². The Hall–Kier alpha value is -1.39. The summed E-state index contributed by atoms with van der Waals surface area (Å²) in [5.74, 6) is -0.149. The Morgan fingerprint density at radius 3 is 2.43 bits per heavy atom. The molecule has 2 aromatic rings. The third-order valence-electron chi connectivity index (χ3n) is 4.24. The smallest absolute Gasteiger partial charge is 0.243 e. The first-order valence-electron chi connectivity index (χ1n) is 8.78. The second-order valence-corrected chi connectivity index (χ2v) is 10.4. The highest BCUT2D eigenvalue weighted by Gasteiger charge is 2.26. The number of hydrogen-bond acceptors (Lipinski definition) is 5. The lowest BCUT2D eigenvalue weighted by atomic mass is 10.3. The van der Waals surface area contributed by atoms with Crippen molar-refractivity contribution in [2.24, 2.45) is 0 Å². The van der Waals surface area contributed by atoms with E-state index in [-0.39, 0.29) is 16.1 Å². The molecule has 150 valence electrons. The van der Waals surface area contributed by atoms with Crippen LogP contribution >= 0.6 is 27.7 Å². The van der Waals surface area contributed by atoms with E-state index in [1.807, 2.05) is 31.2 Å². The number of halogens is 1. The standard InChI is InChI=1S/C19H21BrN2O4S2/c1-14(27-18-5-3-2-4-17(18)20)19(23)21-15-6-8-16(9-7-15)28(24,25)22-10-12-26-13-11-22/h2-9,14H,10-13H2,1H3,(H,21,23). The van der Waals surface area contributed by atoms with Gasteiger partial charge in [-0.25, -0.2) is 8.42 Å². The summed E-state index contributed by atoms with van der Waals surface area (Å²) < 4.78 is 32.8. The van der Waals surface area contributed by atoms with Crippen molar-refractivity contribution in [3.63, 3.8) is 0 Å². The molecule has 1 unspecified atom stereocenters. The zero-order chi connectivity index (χ0) is 20.1. The minimum absolute atomic E-state index is 0.149. The van der Waals surface area contributed by atoms with E-state index in [0.717, 1.165) is 9.37 Å². The number of carbonyl (C=O) groups is 1. The van der Waals surface area contributed by atoms with E-state index in [1.165, 1.54) is 28.2 Å². The molecule has 0 aliphatic carbocycles. The van der Waals surface area contributed by atoms with E-state index < -0.39 is 10.0 Å². The highest BCUT2D eigenvalue weighted by Crippen LogP contribution is 2.31. The maximum Gasteiger partial charge on any atom is 0.243 e.